The van der Waals surface area contributed by atoms with Gasteiger partial charge in [0, 0.05) is 0 Å². The third kappa shape index (κ3) is 8.30. The Hall–Kier alpha value is -0.452. The fraction of sp³-hybridized carbons (Fsp3) is 0.700. The molecular weight excluding hydrogens is 407 g/mol. The molecule has 2 atom stereocenters. The molecule has 0 spiro atoms. The van der Waals surface area contributed by atoms with E-state index in [0.29, 0.717) is 5.92 Å². The number of carboxylic acid groups (broad SMARTS) is 2. The zero-order valence-electron chi connectivity index (χ0n) is 9.37. The van der Waals surface area contributed by atoms with Crippen LogP contribution in [0.25, 0.3) is 5.73 Å². The summed E-state index contributed by atoms with van der Waals surface area (Å²) in [7, 11) is 0. The molecule has 0 heterocycles. The Bertz CT molecular complexity index is 226. The number of carbonyl (C=O) groups is 2. The van der Waals surface area contributed by atoms with Crippen molar-refractivity contribution in [1.82, 2.24) is 0 Å². The predicted molar refractivity (Wildman–Crippen MR) is 58.7 cm³/mol. The Morgan fingerprint density at radius 2 is 1.65 bits per heavy atom. The van der Waals surface area contributed by atoms with Gasteiger partial charge in [0.15, 0.2) is 0 Å². The SMILES string of the molecule is NC(C(=O)O)C(=O)O.[CH2-][C@@H]1CCCC[C@H]1[NH-].[Pt+2]. The Morgan fingerprint density at radius 1 is 1.24 bits per heavy atom. The van der Waals surface area contributed by atoms with Gasteiger partial charge in [0.1, 0.15) is 0 Å². The minimum absolute atomic E-state index is 0. The molecule has 0 unspecified atom stereocenters. The molecule has 0 amide bonds. The Balaban J connectivity index is 0. The summed E-state index contributed by atoms with van der Waals surface area (Å²) in [5.74, 6) is -2.64. The molecule has 5 N–H and O–H groups in total. The first-order valence-electron chi connectivity index (χ1n) is 5.11. The molecule has 0 bridgehead atoms. The molecule has 1 fully saturated rings. The van der Waals surface area contributed by atoms with Gasteiger partial charge >= 0.3 is 33.0 Å². The third-order valence-electron chi connectivity index (χ3n) is 2.44. The van der Waals surface area contributed by atoms with Crippen molar-refractivity contribution in [2.75, 3.05) is 0 Å². The Morgan fingerprint density at radius 3 is 1.82 bits per heavy atom. The van der Waals surface area contributed by atoms with Gasteiger partial charge in [-0.1, -0.05) is 25.7 Å². The molecular formula is C10H18N2O4Pt. The number of nitrogens with two attached hydrogens (primary N) is 1. The van der Waals surface area contributed by atoms with E-state index in [1.54, 1.807) is 0 Å². The summed E-state index contributed by atoms with van der Waals surface area (Å²) in [6.45, 7) is 3.89. The number of nitrogens with one attached hydrogen (secondary N) is 1. The monoisotopic (exact) mass is 425 g/mol. The van der Waals surface area contributed by atoms with Crippen molar-refractivity contribution in [3.8, 4) is 0 Å². The molecule has 1 rings (SSSR count). The molecule has 0 radical (unpaired) electrons. The van der Waals surface area contributed by atoms with E-state index in [0.717, 1.165) is 6.42 Å². The summed E-state index contributed by atoms with van der Waals surface area (Å²) in [6.07, 6.45) is 4.80. The first-order valence-corrected chi connectivity index (χ1v) is 5.11. The van der Waals surface area contributed by atoms with E-state index in [-0.39, 0.29) is 27.1 Å². The van der Waals surface area contributed by atoms with Crippen LogP contribution in [0.5, 0.6) is 0 Å². The molecule has 0 aliphatic heterocycles. The van der Waals surface area contributed by atoms with Crippen LogP contribution in [0.1, 0.15) is 25.7 Å². The largest absolute Gasteiger partial charge is 2.00 e. The van der Waals surface area contributed by atoms with Gasteiger partial charge in [-0.15, -0.1) is 0 Å². The fourth-order valence-electron chi connectivity index (χ4n) is 1.31. The molecule has 1 saturated carbocycles. The molecule has 6 nitrogen and oxygen atoms in total. The normalized spacial score (nSPS) is 23.1. The second-order valence-corrected chi connectivity index (χ2v) is 3.81. The van der Waals surface area contributed by atoms with E-state index in [1.165, 1.54) is 19.3 Å². The minimum Gasteiger partial charge on any atom is -0.677 e. The molecule has 0 aromatic rings. The summed E-state index contributed by atoms with van der Waals surface area (Å²) in [5, 5.41) is 15.7. The fourth-order valence-corrected chi connectivity index (χ4v) is 1.31. The first-order chi connectivity index (χ1) is 7.36. The maximum absolute atomic E-state index is 9.63. The molecule has 0 saturated heterocycles. The number of hydrogen-bond donors (Lipinski definition) is 3. The molecule has 0 aromatic carbocycles. The molecule has 0 aromatic heterocycles. The molecule has 1 aliphatic rings. The average molecular weight is 425 g/mol. The van der Waals surface area contributed by atoms with Crippen molar-refractivity contribution >= 4 is 11.9 Å². The van der Waals surface area contributed by atoms with Gasteiger partial charge in [-0.2, -0.15) is 12.0 Å². The summed E-state index contributed by atoms with van der Waals surface area (Å²) in [4.78, 5) is 19.3. The minimum atomic E-state index is -1.80. The average Bonchev–Trinajstić information content (AvgIpc) is 2.22. The van der Waals surface area contributed by atoms with Crippen LogP contribution in [0, 0.1) is 12.8 Å². The van der Waals surface area contributed by atoms with Crippen LogP contribution >= 0.6 is 0 Å². The van der Waals surface area contributed by atoms with Gasteiger partial charge in [-0.25, -0.2) is 9.59 Å². The van der Waals surface area contributed by atoms with Gasteiger partial charge in [0.05, 0.1) is 0 Å². The van der Waals surface area contributed by atoms with E-state index >= 15 is 0 Å². The number of carboxylic acids is 2. The van der Waals surface area contributed by atoms with Crippen LogP contribution in [0.2, 0.25) is 0 Å². The summed E-state index contributed by atoms with van der Waals surface area (Å²) < 4.78 is 0. The molecule has 102 valence electrons. The first kappa shape index (κ1) is 18.9. The van der Waals surface area contributed by atoms with Crippen LogP contribution in [0.15, 0.2) is 0 Å². The van der Waals surface area contributed by atoms with Crippen molar-refractivity contribution in [1.29, 1.82) is 0 Å². The maximum atomic E-state index is 9.63. The standard InChI is InChI=1S/C7H13N.C3H5NO4.Pt/c1-6-4-2-3-5-7(6)8;4-1(2(5)6)3(7)8;/h6-8H,1-5H2;1H,4H2,(H,5,6)(H,7,8);/q-2;;+2/t6-,7-;;/m1../s1. The maximum Gasteiger partial charge on any atom is 2.00 e. The van der Waals surface area contributed by atoms with E-state index in [4.69, 9.17) is 15.9 Å². The van der Waals surface area contributed by atoms with Crippen LogP contribution in [-0.2, 0) is 30.7 Å². The summed E-state index contributed by atoms with van der Waals surface area (Å²) in [6, 6.07) is -1.65. The molecule has 17 heavy (non-hydrogen) atoms. The van der Waals surface area contributed by atoms with Crippen molar-refractivity contribution < 1.29 is 40.9 Å². The van der Waals surface area contributed by atoms with Crippen molar-refractivity contribution in [3.05, 3.63) is 12.7 Å². The quantitative estimate of drug-likeness (QED) is 0.448. The smallest absolute Gasteiger partial charge is 0.677 e. The predicted octanol–water partition coefficient (Wildman–Crippen LogP) is 0.912. The second-order valence-electron chi connectivity index (χ2n) is 3.81. The van der Waals surface area contributed by atoms with Crippen molar-refractivity contribution in [2.24, 2.45) is 11.7 Å². The van der Waals surface area contributed by atoms with Gasteiger partial charge in [-0.3, -0.25) is 0 Å². The number of hydrogen-bond acceptors (Lipinski definition) is 3. The van der Waals surface area contributed by atoms with Gasteiger partial charge in [0.2, 0.25) is 6.04 Å². The van der Waals surface area contributed by atoms with Crippen LogP contribution < -0.4 is 5.73 Å². The Kier molecular flexibility index (Phi) is 10.6. The third-order valence-corrected chi connectivity index (χ3v) is 2.44. The second kappa shape index (κ2) is 9.57. The Labute approximate surface area is 115 Å². The zero-order valence-corrected chi connectivity index (χ0v) is 11.6. The van der Waals surface area contributed by atoms with Crippen LogP contribution in [-0.4, -0.2) is 34.2 Å². The van der Waals surface area contributed by atoms with E-state index in [1.807, 2.05) is 0 Å². The number of aliphatic carboxylic acids is 2. The van der Waals surface area contributed by atoms with Gasteiger partial charge in [0.25, 0.3) is 0 Å². The summed E-state index contributed by atoms with van der Waals surface area (Å²) in [5.41, 5.74) is 12.0. The number of rotatable bonds is 2. The van der Waals surface area contributed by atoms with Gasteiger partial charge < -0.3 is 28.6 Å². The molecule has 7 heteroatoms. The topological polar surface area (TPSA) is 124 Å². The van der Waals surface area contributed by atoms with Crippen LogP contribution in [0.4, 0.5) is 0 Å². The van der Waals surface area contributed by atoms with Gasteiger partial charge in [-0.05, 0) is 0 Å². The van der Waals surface area contributed by atoms with Crippen molar-refractivity contribution in [2.45, 2.75) is 37.8 Å². The van der Waals surface area contributed by atoms with E-state index in [2.05, 4.69) is 12.7 Å². The van der Waals surface area contributed by atoms with Crippen LogP contribution in [0.3, 0.4) is 0 Å². The van der Waals surface area contributed by atoms with Crippen molar-refractivity contribution in [3.63, 3.8) is 0 Å². The summed E-state index contributed by atoms with van der Waals surface area (Å²) >= 11 is 0. The van der Waals surface area contributed by atoms with E-state index in [9.17, 15) is 9.59 Å². The zero-order chi connectivity index (χ0) is 12.7. The molecule has 1 aliphatic carbocycles. The van der Waals surface area contributed by atoms with E-state index < -0.39 is 18.0 Å².